The van der Waals surface area contributed by atoms with Crippen LogP contribution in [0.25, 0.3) is 6.08 Å². The fourth-order valence-electron chi connectivity index (χ4n) is 2.13. The largest absolute Gasteiger partial charge is 0.463 e. The molecule has 2 aromatic rings. The van der Waals surface area contributed by atoms with Gasteiger partial charge in [0, 0.05) is 42.8 Å². The lowest BCUT2D eigenvalue weighted by molar-refractivity contribution is -0.138. The number of esters is 1. The molecule has 0 aromatic carbocycles. The molecule has 0 aliphatic heterocycles. The number of ether oxygens (including phenoxy) is 1. The van der Waals surface area contributed by atoms with Crippen LogP contribution in [-0.2, 0) is 23.0 Å². The zero-order chi connectivity index (χ0) is 15.2. The van der Waals surface area contributed by atoms with E-state index in [0.717, 1.165) is 17.7 Å². The fraction of sp³-hybridized carbons (Fsp3) is 0.294. The smallest absolute Gasteiger partial charge is 0.333 e. The van der Waals surface area contributed by atoms with Crippen LogP contribution in [0.2, 0.25) is 0 Å². The van der Waals surface area contributed by atoms with Crippen LogP contribution in [0.4, 0.5) is 0 Å². The number of carbonyl (C=O) groups is 1. The van der Waals surface area contributed by atoms with Crippen LogP contribution < -0.4 is 0 Å². The average molecular weight is 284 g/mol. The second kappa shape index (κ2) is 6.88. The maximum absolute atomic E-state index is 11.6. The first-order chi connectivity index (χ1) is 10.1. The van der Waals surface area contributed by atoms with E-state index in [-0.39, 0.29) is 5.97 Å². The lowest BCUT2D eigenvalue weighted by Gasteiger charge is -2.06. The molecule has 0 N–H and O–H groups in total. The average Bonchev–Trinajstić information content (AvgIpc) is 2.81. The lowest BCUT2D eigenvalue weighted by Crippen LogP contribution is -2.06. The van der Waals surface area contributed by atoms with Gasteiger partial charge in [-0.05, 0) is 43.7 Å². The van der Waals surface area contributed by atoms with Crippen molar-refractivity contribution in [2.24, 2.45) is 7.05 Å². The lowest BCUT2D eigenvalue weighted by atomic mass is 10.2. The van der Waals surface area contributed by atoms with Gasteiger partial charge in [0.05, 0.1) is 6.61 Å². The highest BCUT2D eigenvalue weighted by atomic mass is 16.5. The summed E-state index contributed by atoms with van der Waals surface area (Å²) in [6, 6.07) is 8.06. The monoisotopic (exact) mass is 284 g/mol. The van der Waals surface area contributed by atoms with Gasteiger partial charge >= 0.3 is 5.97 Å². The minimum Gasteiger partial charge on any atom is -0.463 e. The van der Waals surface area contributed by atoms with Gasteiger partial charge in [-0.3, -0.25) is 4.98 Å². The highest BCUT2D eigenvalue weighted by molar-refractivity contribution is 5.92. The molecule has 0 unspecified atom stereocenters. The summed E-state index contributed by atoms with van der Waals surface area (Å²) in [7, 11) is 2.00. The summed E-state index contributed by atoms with van der Waals surface area (Å²) in [5.41, 5.74) is 3.92. The Hall–Kier alpha value is -2.36. The van der Waals surface area contributed by atoms with Gasteiger partial charge in [-0.25, -0.2) is 4.79 Å². The molecule has 2 aromatic heterocycles. The molecule has 0 saturated carbocycles. The summed E-state index contributed by atoms with van der Waals surface area (Å²) in [4.78, 5) is 15.8. The summed E-state index contributed by atoms with van der Waals surface area (Å²) in [6.45, 7) is 3.97. The van der Waals surface area contributed by atoms with E-state index in [9.17, 15) is 4.79 Å². The molecule has 4 nitrogen and oxygen atoms in total. The summed E-state index contributed by atoms with van der Waals surface area (Å²) in [5, 5.41) is 0. The van der Waals surface area contributed by atoms with Crippen LogP contribution in [0.5, 0.6) is 0 Å². The molecule has 4 heteroatoms. The number of hydrogen-bond donors (Lipinski definition) is 0. The molecule has 0 aliphatic rings. The summed E-state index contributed by atoms with van der Waals surface area (Å²) >= 11 is 0. The molecule has 110 valence electrons. The first kappa shape index (κ1) is 15.0. The summed E-state index contributed by atoms with van der Waals surface area (Å²) < 4.78 is 7.07. The Morgan fingerprint density at radius 1 is 1.38 bits per heavy atom. The number of aromatic nitrogens is 2. The molecule has 0 amide bonds. The van der Waals surface area contributed by atoms with Crippen molar-refractivity contribution >= 4 is 12.0 Å². The molecule has 0 bridgehead atoms. The number of carbonyl (C=O) groups excluding carboxylic acids is 1. The van der Waals surface area contributed by atoms with Crippen molar-refractivity contribution in [2.45, 2.75) is 20.3 Å². The molecular formula is C17H20N2O2. The van der Waals surface area contributed by atoms with Gasteiger partial charge in [-0.15, -0.1) is 0 Å². The van der Waals surface area contributed by atoms with Gasteiger partial charge in [0.25, 0.3) is 0 Å². The summed E-state index contributed by atoms with van der Waals surface area (Å²) in [5.74, 6) is -0.271. The van der Waals surface area contributed by atoms with E-state index >= 15 is 0 Å². The van der Waals surface area contributed by atoms with E-state index in [2.05, 4.69) is 21.7 Å². The Balaban J connectivity index is 2.17. The Kier molecular flexibility index (Phi) is 4.93. The highest BCUT2D eigenvalue weighted by Gasteiger charge is 2.08. The number of nitrogens with zero attached hydrogens (tertiary/aromatic N) is 2. The van der Waals surface area contributed by atoms with E-state index in [1.807, 2.05) is 31.5 Å². The zero-order valence-corrected chi connectivity index (χ0v) is 12.7. The fourth-order valence-corrected chi connectivity index (χ4v) is 2.13. The van der Waals surface area contributed by atoms with Crippen molar-refractivity contribution in [2.75, 3.05) is 6.61 Å². The van der Waals surface area contributed by atoms with E-state index < -0.39 is 0 Å². The number of pyridine rings is 1. The van der Waals surface area contributed by atoms with Crippen molar-refractivity contribution < 1.29 is 9.53 Å². The van der Waals surface area contributed by atoms with Gasteiger partial charge < -0.3 is 9.30 Å². The second-order valence-corrected chi connectivity index (χ2v) is 4.89. The highest BCUT2D eigenvalue weighted by Crippen LogP contribution is 2.15. The Morgan fingerprint density at radius 2 is 2.19 bits per heavy atom. The minimum atomic E-state index is -0.271. The molecule has 0 fully saturated rings. The van der Waals surface area contributed by atoms with Crippen LogP contribution in [-0.4, -0.2) is 22.1 Å². The van der Waals surface area contributed by atoms with Crippen molar-refractivity contribution in [3.8, 4) is 0 Å². The molecule has 0 atom stereocenters. The topological polar surface area (TPSA) is 44.1 Å². The van der Waals surface area contributed by atoms with Gasteiger partial charge in [0.1, 0.15) is 0 Å². The number of hydrogen-bond acceptors (Lipinski definition) is 3. The molecule has 0 aliphatic carbocycles. The molecule has 0 saturated heterocycles. The first-order valence-electron chi connectivity index (χ1n) is 7.00. The Labute approximate surface area is 125 Å². The van der Waals surface area contributed by atoms with Crippen LogP contribution in [0, 0.1) is 0 Å². The quantitative estimate of drug-likeness (QED) is 0.626. The Bertz CT molecular complexity index is 642. The third-order valence-corrected chi connectivity index (χ3v) is 3.33. The van der Waals surface area contributed by atoms with Crippen molar-refractivity contribution in [3.63, 3.8) is 0 Å². The van der Waals surface area contributed by atoms with Gasteiger partial charge in [-0.2, -0.15) is 0 Å². The zero-order valence-electron chi connectivity index (χ0n) is 12.7. The minimum absolute atomic E-state index is 0.271. The van der Waals surface area contributed by atoms with E-state index in [1.54, 1.807) is 20.0 Å². The summed E-state index contributed by atoms with van der Waals surface area (Å²) in [6.07, 6.45) is 6.30. The Morgan fingerprint density at radius 3 is 2.86 bits per heavy atom. The van der Waals surface area contributed by atoms with Crippen LogP contribution in [0.1, 0.15) is 30.8 Å². The standard InChI is InChI=1S/C17H20N2O2/c1-4-21-17(20)13(2)10-15-7-8-16(19(15)3)11-14-6-5-9-18-12-14/h5-10,12H,4,11H2,1-3H3/b13-10-. The predicted molar refractivity (Wildman–Crippen MR) is 82.7 cm³/mol. The molecule has 2 rings (SSSR count). The van der Waals surface area contributed by atoms with Gasteiger partial charge in [0.15, 0.2) is 0 Å². The third kappa shape index (κ3) is 3.81. The molecule has 0 spiro atoms. The normalized spacial score (nSPS) is 11.5. The molecule has 0 radical (unpaired) electrons. The third-order valence-electron chi connectivity index (χ3n) is 3.33. The van der Waals surface area contributed by atoms with Crippen LogP contribution in [0.15, 0.2) is 42.2 Å². The van der Waals surface area contributed by atoms with Crippen LogP contribution in [0.3, 0.4) is 0 Å². The maximum atomic E-state index is 11.6. The van der Waals surface area contributed by atoms with E-state index in [1.165, 1.54) is 5.69 Å². The predicted octanol–water partition coefficient (Wildman–Crippen LogP) is 2.98. The van der Waals surface area contributed by atoms with Crippen molar-refractivity contribution in [1.29, 1.82) is 0 Å². The second-order valence-electron chi connectivity index (χ2n) is 4.89. The first-order valence-corrected chi connectivity index (χ1v) is 7.00. The van der Waals surface area contributed by atoms with Gasteiger partial charge in [0.2, 0.25) is 0 Å². The van der Waals surface area contributed by atoms with Gasteiger partial charge in [-0.1, -0.05) is 6.07 Å². The van der Waals surface area contributed by atoms with Crippen molar-refractivity contribution in [3.05, 3.63) is 59.2 Å². The van der Waals surface area contributed by atoms with Crippen molar-refractivity contribution in [1.82, 2.24) is 9.55 Å². The van der Waals surface area contributed by atoms with E-state index in [0.29, 0.717) is 12.2 Å². The molecular weight excluding hydrogens is 264 g/mol. The maximum Gasteiger partial charge on any atom is 0.333 e. The molecule has 2 heterocycles. The number of rotatable bonds is 5. The van der Waals surface area contributed by atoms with Crippen LogP contribution >= 0.6 is 0 Å². The molecule has 21 heavy (non-hydrogen) atoms. The van der Waals surface area contributed by atoms with E-state index in [4.69, 9.17) is 4.74 Å². The SMILES string of the molecule is CCOC(=O)/C(C)=C\c1ccc(Cc2cccnc2)n1C.